The number of hydrogen-bond donors (Lipinski definition) is 1. The lowest BCUT2D eigenvalue weighted by Crippen LogP contribution is -2.47. The van der Waals surface area contributed by atoms with Gasteiger partial charge in [-0.15, -0.1) is 0 Å². The maximum atomic E-state index is 12.7. The first-order valence-corrected chi connectivity index (χ1v) is 10.2. The third kappa shape index (κ3) is 6.45. The molecular weight excluding hydrogens is 302 g/mol. The SMILES string of the molecule is O=C([O-])[C@H]1CCCC[C@@H]1C(=O)NC1CCCCCCCCCCC1. The predicted octanol–water partition coefficient (Wildman–Crippen LogP) is 3.33. The van der Waals surface area contributed by atoms with E-state index in [2.05, 4.69) is 5.32 Å². The zero-order valence-corrected chi connectivity index (χ0v) is 15.1. The number of amides is 1. The van der Waals surface area contributed by atoms with E-state index in [4.69, 9.17) is 0 Å². The Balaban J connectivity index is 1.87. The Morgan fingerprint density at radius 2 is 1.04 bits per heavy atom. The third-order valence-electron chi connectivity index (χ3n) is 5.86. The summed E-state index contributed by atoms with van der Waals surface area (Å²) in [6, 6.07) is 0.223. The molecule has 0 aromatic rings. The summed E-state index contributed by atoms with van der Waals surface area (Å²) in [4.78, 5) is 24.0. The molecule has 0 spiro atoms. The standard InChI is InChI=1S/C20H35NO3/c22-19(17-14-10-11-15-18(17)20(23)24)21-16-12-8-6-4-2-1-3-5-7-9-13-16/h16-18H,1-15H2,(H,21,22)(H,23,24)/p-1/t17-,18-/m0/s1. The van der Waals surface area contributed by atoms with Crippen LogP contribution in [0.1, 0.15) is 96.3 Å². The Kier molecular flexibility index (Phi) is 8.62. The fourth-order valence-corrected chi connectivity index (χ4v) is 4.34. The third-order valence-corrected chi connectivity index (χ3v) is 5.86. The number of carbonyl (C=O) groups excluding carboxylic acids is 2. The molecule has 2 atom stereocenters. The lowest BCUT2D eigenvalue weighted by molar-refractivity contribution is -0.314. The second-order valence-electron chi connectivity index (χ2n) is 7.78. The van der Waals surface area contributed by atoms with Crippen LogP contribution < -0.4 is 10.4 Å². The van der Waals surface area contributed by atoms with Gasteiger partial charge in [-0.25, -0.2) is 0 Å². The number of carbonyl (C=O) groups is 2. The largest absolute Gasteiger partial charge is 0.550 e. The van der Waals surface area contributed by atoms with Crippen LogP contribution >= 0.6 is 0 Å². The molecule has 2 fully saturated rings. The summed E-state index contributed by atoms with van der Waals surface area (Å²) in [6.45, 7) is 0. The van der Waals surface area contributed by atoms with Crippen LogP contribution in [0.2, 0.25) is 0 Å². The molecule has 0 bridgehead atoms. The van der Waals surface area contributed by atoms with E-state index in [1.165, 1.54) is 57.8 Å². The molecule has 2 saturated carbocycles. The molecule has 2 rings (SSSR count). The number of hydrogen-bond acceptors (Lipinski definition) is 3. The molecule has 4 heteroatoms. The molecule has 24 heavy (non-hydrogen) atoms. The molecular formula is C20H34NO3-. The van der Waals surface area contributed by atoms with Crippen molar-refractivity contribution in [3.63, 3.8) is 0 Å². The van der Waals surface area contributed by atoms with E-state index in [-0.39, 0.29) is 17.9 Å². The normalized spacial score (nSPS) is 28.3. The summed E-state index contributed by atoms with van der Waals surface area (Å²) in [7, 11) is 0. The van der Waals surface area contributed by atoms with Gasteiger partial charge >= 0.3 is 0 Å². The van der Waals surface area contributed by atoms with Crippen molar-refractivity contribution in [3.05, 3.63) is 0 Å². The lowest BCUT2D eigenvalue weighted by Gasteiger charge is -2.32. The highest BCUT2D eigenvalue weighted by molar-refractivity contribution is 5.84. The van der Waals surface area contributed by atoms with Gasteiger partial charge in [0.15, 0.2) is 0 Å². The molecule has 2 aliphatic carbocycles. The van der Waals surface area contributed by atoms with Crippen LogP contribution in [0.3, 0.4) is 0 Å². The van der Waals surface area contributed by atoms with Gasteiger partial charge in [0.05, 0.1) is 0 Å². The van der Waals surface area contributed by atoms with Crippen molar-refractivity contribution in [2.75, 3.05) is 0 Å². The molecule has 0 saturated heterocycles. The second kappa shape index (κ2) is 10.7. The molecule has 0 heterocycles. The molecule has 1 N–H and O–H groups in total. The molecule has 0 radical (unpaired) electrons. The Morgan fingerprint density at radius 3 is 1.54 bits per heavy atom. The molecule has 0 unspecified atom stereocenters. The van der Waals surface area contributed by atoms with E-state index in [9.17, 15) is 14.7 Å². The van der Waals surface area contributed by atoms with Crippen LogP contribution in [0.5, 0.6) is 0 Å². The molecule has 138 valence electrons. The molecule has 4 nitrogen and oxygen atoms in total. The van der Waals surface area contributed by atoms with Crippen molar-refractivity contribution in [3.8, 4) is 0 Å². The summed E-state index contributed by atoms with van der Waals surface area (Å²) in [5, 5.41) is 14.5. The Labute approximate surface area is 146 Å². The predicted molar refractivity (Wildman–Crippen MR) is 93.2 cm³/mol. The fourth-order valence-electron chi connectivity index (χ4n) is 4.34. The highest BCUT2D eigenvalue weighted by atomic mass is 16.4. The van der Waals surface area contributed by atoms with Gasteiger partial charge in [0.25, 0.3) is 0 Å². The minimum atomic E-state index is -1.05. The van der Waals surface area contributed by atoms with Crippen molar-refractivity contribution < 1.29 is 14.7 Å². The van der Waals surface area contributed by atoms with Crippen LogP contribution in [-0.2, 0) is 9.59 Å². The highest BCUT2D eigenvalue weighted by Gasteiger charge is 2.32. The Hall–Kier alpha value is -1.06. The van der Waals surface area contributed by atoms with Gasteiger partial charge < -0.3 is 15.2 Å². The topological polar surface area (TPSA) is 69.2 Å². The zero-order valence-electron chi connectivity index (χ0n) is 15.1. The number of carboxylic acid groups (broad SMARTS) is 1. The minimum Gasteiger partial charge on any atom is -0.550 e. The van der Waals surface area contributed by atoms with Crippen LogP contribution in [0.15, 0.2) is 0 Å². The molecule has 2 aliphatic rings. The smallest absolute Gasteiger partial charge is 0.223 e. The van der Waals surface area contributed by atoms with Crippen molar-refractivity contribution in [1.82, 2.24) is 5.32 Å². The van der Waals surface area contributed by atoms with Crippen LogP contribution in [0, 0.1) is 11.8 Å². The van der Waals surface area contributed by atoms with E-state index in [0.29, 0.717) is 12.8 Å². The van der Waals surface area contributed by atoms with Crippen molar-refractivity contribution >= 4 is 11.9 Å². The zero-order chi connectivity index (χ0) is 17.2. The second-order valence-corrected chi connectivity index (χ2v) is 7.78. The minimum absolute atomic E-state index is 0.0407. The molecule has 1 amide bonds. The van der Waals surface area contributed by atoms with Gasteiger partial charge in [0.2, 0.25) is 5.91 Å². The summed E-state index contributed by atoms with van der Waals surface area (Å²) in [5.74, 6) is -2.07. The summed E-state index contributed by atoms with van der Waals surface area (Å²) in [5.41, 5.74) is 0. The van der Waals surface area contributed by atoms with Gasteiger partial charge in [-0.1, -0.05) is 70.6 Å². The first kappa shape index (κ1) is 19.3. The molecule has 0 aromatic carbocycles. The van der Waals surface area contributed by atoms with Crippen molar-refractivity contribution in [1.29, 1.82) is 0 Å². The van der Waals surface area contributed by atoms with Crippen LogP contribution in [0.25, 0.3) is 0 Å². The van der Waals surface area contributed by atoms with Crippen molar-refractivity contribution in [2.45, 2.75) is 102 Å². The van der Waals surface area contributed by atoms with Crippen LogP contribution in [0.4, 0.5) is 0 Å². The van der Waals surface area contributed by atoms with Crippen LogP contribution in [-0.4, -0.2) is 17.9 Å². The Bertz CT molecular complexity index is 384. The van der Waals surface area contributed by atoms with Gasteiger partial charge in [-0.3, -0.25) is 4.79 Å². The quantitative estimate of drug-likeness (QED) is 0.859. The number of aliphatic carboxylic acids is 1. The number of nitrogens with one attached hydrogen (secondary N) is 1. The van der Waals surface area contributed by atoms with E-state index in [1.54, 1.807) is 0 Å². The van der Waals surface area contributed by atoms with Gasteiger partial charge in [0, 0.05) is 23.8 Å². The summed E-state index contributed by atoms with van der Waals surface area (Å²) < 4.78 is 0. The van der Waals surface area contributed by atoms with E-state index < -0.39 is 11.9 Å². The van der Waals surface area contributed by atoms with Crippen molar-refractivity contribution in [2.24, 2.45) is 11.8 Å². The number of carboxylic acids is 1. The maximum absolute atomic E-state index is 12.7. The van der Waals surface area contributed by atoms with Gasteiger partial charge in [-0.2, -0.15) is 0 Å². The van der Waals surface area contributed by atoms with E-state index in [1.807, 2.05) is 0 Å². The molecule has 0 aromatic heterocycles. The summed E-state index contributed by atoms with van der Waals surface area (Å²) >= 11 is 0. The Morgan fingerprint density at radius 1 is 0.625 bits per heavy atom. The lowest BCUT2D eigenvalue weighted by atomic mass is 9.78. The highest BCUT2D eigenvalue weighted by Crippen LogP contribution is 2.30. The van der Waals surface area contributed by atoms with E-state index in [0.717, 1.165) is 25.7 Å². The average molecular weight is 336 g/mol. The first-order valence-electron chi connectivity index (χ1n) is 10.2. The monoisotopic (exact) mass is 336 g/mol. The average Bonchev–Trinajstić information content (AvgIpc) is 2.57. The summed E-state index contributed by atoms with van der Waals surface area (Å²) in [6.07, 6.45) is 16.7. The first-order chi connectivity index (χ1) is 11.7. The van der Waals surface area contributed by atoms with Gasteiger partial charge in [-0.05, 0) is 25.7 Å². The number of rotatable bonds is 3. The molecule has 0 aliphatic heterocycles. The van der Waals surface area contributed by atoms with E-state index >= 15 is 0 Å². The fraction of sp³-hybridized carbons (Fsp3) is 0.900. The van der Waals surface area contributed by atoms with Gasteiger partial charge in [0.1, 0.15) is 0 Å². The maximum Gasteiger partial charge on any atom is 0.223 e.